The van der Waals surface area contributed by atoms with Gasteiger partial charge in [-0.05, 0) is 24.6 Å². The van der Waals surface area contributed by atoms with E-state index in [-0.39, 0.29) is 6.54 Å². The van der Waals surface area contributed by atoms with Crippen LogP contribution in [-0.4, -0.2) is 23.6 Å². The largest absolute Gasteiger partial charge is 0.377 e. The smallest absolute Gasteiger partial charge is 0.122 e. The summed E-state index contributed by atoms with van der Waals surface area (Å²) in [6.07, 6.45) is -0.989. The molecular formula is C16H16BrClN2O. The van der Waals surface area contributed by atoms with E-state index in [1.165, 1.54) is 0 Å². The van der Waals surface area contributed by atoms with Crippen LogP contribution in [0.2, 0.25) is 5.02 Å². The van der Waals surface area contributed by atoms with Gasteiger partial charge in [0.25, 0.3) is 0 Å². The number of halogens is 2. The Morgan fingerprint density at radius 1 is 1.33 bits per heavy atom. The van der Waals surface area contributed by atoms with Crippen LogP contribution in [0.5, 0.6) is 0 Å². The predicted molar refractivity (Wildman–Crippen MR) is 91.0 cm³/mol. The van der Waals surface area contributed by atoms with Crippen molar-refractivity contribution in [3.63, 3.8) is 0 Å². The highest BCUT2D eigenvalue weighted by Gasteiger charge is 2.12. The van der Waals surface area contributed by atoms with Gasteiger partial charge >= 0.3 is 0 Å². The topological polar surface area (TPSA) is 58.6 Å². The maximum absolute atomic E-state index is 9.29. The molecule has 0 heterocycles. The summed E-state index contributed by atoms with van der Waals surface area (Å²) in [5.74, 6) is 0. The van der Waals surface area contributed by atoms with E-state index >= 15 is 0 Å². The third-order valence-electron chi connectivity index (χ3n) is 3.01. The zero-order valence-corrected chi connectivity index (χ0v) is 13.9. The molecule has 3 nitrogen and oxygen atoms in total. The zero-order valence-electron chi connectivity index (χ0n) is 11.6. The van der Waals surface area contributed by atoms with Crippen molar-refractivity contribution in [3.05, 3.63) is 68.7 Å². The normalized spacial score (nSPS) is 13.3. The van der Waals surface area contributed by atoms with Gasteiger partial charge < -0.3 is 10.8 Å². The minimum atomic E-state index is -0.989. The Kier molecular flexibility index (Phi) is 5.53. The van der Waals surface area contributed by atoms with Crippen molar-refractivity contribution in [2.45, 2.75) is 13.2 Å². The molecule has 0 radical (unpaired) electrons. The molecule has 110 valence electrons. The maximum Gasteiger partial charge on any atom is 0.122 e. The van der Waals surface area contributed by atoms with Crippen LogP contribution in [0.4, 0.5) is 0 Å². The van der Waals surface area contributed by atoms with Crippen molar-refractivity contribution in [1.29, 1.82) is 0 Å². The summed E-state index contributed by atoms with van der Waals surface area (Å²) in [6, 6.07) is 13.5. The lowest BCUT2D eigenvalue weighted by Crippen LogP contribution is -2.23. The summed E-state index contributed by atoms with van der Waals surface area (Å²) in [4.78, 5) is 4.43. The number of aliphatic imine (C=N–C) groups is 1. The summed E-state index contributed by atoms with van der Waals surface area (Å²) < 4.78 is 0.994. The maximum atomic E-state index is 9.29. The molecule has 0 fully saturated rings. The molecule has 2 aromatic carbocycles. The van der Waals surface area contributed by atoms with E-state index in [1.54, 1.807) is 0 Å². The summed E-state index contributed by atoms with van der Waals surface area (Å²) >= 11 is 9.79. The van der Waals surface area contributed by atoms with Gasteiger partial charge in [0.05, 0.1) is 12.3 Å². The van der Waals surface area contributed by atoms with E-state index in [0.29, 0.717) is 10.7 Å². The van der Waals surface area contributed by atoms with Gasteiger partial charge in [0.2, 0.25) is 0 Å². The first-order valence-electron chi connectivity index (χ1n) is 6.48. The summed E-state index contributed by atoms with van der Waals surface area (Å²) in [6.45, 7) is 2.13. The number of aliphatic hydroxyl groups is 1. The molecule has 2 aromatic rings. The molecule has 1 unspecified atom stereocenters. The lowest BCUT2D eigenvalue weighted by Gasteiger charge is -2.11. The molecule has 2 rings (SSSR count). The van der Waals surface area contributed by atoms with E-state index in [4.69, 9.17) is 17.3 Å². The van der Waals surface area contributed by atoms with E-state index in [2.05, 4.69) is 20.9 Å². The van der Waals surface area contributed by atoms with Crippen molar-refractivity contribution >= 4 is 33.2 Å². The Morgan fingerprint density at radius 3 is 2.67 bits per heavy atom. The predicted octanol–water partition coefficient (Wildman–Crippen LogP) is 3.53. The van der Waals surface area contributed by atoms with Crippen LogP contribution in [0.25, 0.3) is 0 Å². The first kappa shape index (κ1) is 16.2. The van der Waals surface area contributed by atoms with E-state index in [0.717, 1.165) is 21.2 Å². The van der Waals surface area contributed by atoms with Crippen LogP contribution >= 0.6 is 27.5 Å². The second-order valence-corrected chi connectivity index (χ2v) is 5.96. The van der Waals surface area contributed by atoms with Gasteiger partial charge in [-0.1, -0.05) is 57.9 Å². The van der Waals surface area contributed by atoms with Crippen LogP contribution < -0.4 is 5.73 Å². The van der Waals surface area contributed by atoms with Gasteiger partial charge in [0.1, 0.15) is 6.23 Å². The van der Waals surface area contributed by atoms with Gasteiger partial charge in [-0.3, -0.25) is 4.99 Å². The lowest BCUT2D eigenvalue weighted by atomic mass is 10.0. The Bertz CT molecular complexity index is 671. The number of benzene rings is 2. The van der Waals surface area contributed by atoms with Gasteiger partial charge in [0, 0.05) is 20.6 Å². The van der Waals surface area contributed by atoms with Crippen molar-refractivity contribution in [2.75, 3.05) is 6.54 Å². The van der Waals surface area contributed by atoms with Crippen LogP contribution in [0.1, 0.15) is 16.7 Å². The Morgan fingerprint density at radius 2 is 2.05 bits per heavy atom. The molecule has 0 aliphatic rings. The number of nitrogens with two attached hydrogens (primary N) is 1. The van der Waals surface area contributed by atoms with Crippen LogP contribution in [0.3, 0.4) is 0 Å². The molecule has 1 atom stereocenters. The SMILES string of the molecule is Cc1ccc(C(=NCC(N)O)c2ccccc2Cl)cc1Br. The fraction of sp³-hybridized carbons (Fsp3) is 0.188. The zero-order chi connectivity index (χ0) is 15.4. The molecular weight excluding hydrogens is 352 g/mol. The Labute approximate surface area is 137 Å². The first-order chi connectivity index (χ1) is 9.99. The number of hydrogen-bond acceptors (Lipinski definition) is 3. The molecule has 0 saturated carbocycles. The average Bonchev–Trinajstić information content (AvgIpc) is 2.44. The standard InChI is InChI=1S/C16H16BrClN2O/c1-10-6-7-11(8-13(10)17)16(20-9-15(19)21)12-4-2-3-5-14(12)18/h2-8,15,21H,9,19H2,1H3. The fourth-order valence-electron chi connectivity index (χ4n) is 1.91. The van der Waals surface area contributed by atoms with Crippen LogP contribution in [-0.2, 0) is 0 Å². The quantitative estimate of drug-likeness (QED) is 0.641. The average molecular weight is 368 g/mol. The third kappa shape index (κ3) is 4.14. The van der Waals surface area contributed by atoms with Crippen molar-refractivity contribution < 1.29 is 5.11 Å². The molecule has 0 aliphatic heterocycles. The number of nitrogens with zero attached hydrogens (tertiary/aromatic N) is 1. The Hall–Kier alpha value is -1.20. The van der Waals surface area contributed by atoms with E-state index in [1.807, 2.05) is 49.4 Å². The molecule has 0 spiro atoms. The minimum Gasteiger partial charge on any atom is -0.377 e. The first-order valence-corrected chi connectivity index (χ1v) is 7.65. The van der Waals surface area contributed by atoms with Gasteiger partial charge in [-0.15, -0.1) is 0 Å². The number of rotatable bonds is 4. The van der Waals surface area contributed by atoms with Gasteiger partial charge in [0.15, 0.2) is 0 Å². The highest BCUT2D eigenvalue weighted by atomic mass is 79.9. The van der Waals surface area contributed by atoms with Crippen LogP contribution in [0, 0.1) is 6.92 Å². The van der Waals surface area contributed by atoms with Crippen molar-refractivity contribution in [2.24, 2.45) is 10.7 Å². The molecule has 0 amide bonds. The van der Waals surface area contributed by atoms with Gasteiger partial charge in [-0.2, -0.15) is 0 Å². The minimum absolute atomic E-state index is 0.117. The summed E-state index contributed by atoms with van der Waals surface area (Å²) in [7, 11) is 0. The number of aliphatic hydroxyl groups excluding tert-OH is 1. The molecule has 0 aliphatic carbocycles. The Balaban J connectivity index is 2.53. The third-order valence-corrected chi connectivity index (χ3v) is 4.19. The molecule has 0 saturated heterocycles. The molecule has 21 heavy (non-hydrogen) atoms. The molecule has 5 heteroatoms. The summed E-state index contributed by atoms with van der Waals surface area (Å²) in [5.41, 5.74) is 8.98. The summed E-state index contributed by atoms with van der Waals surface area (Å²) in [5, 5.41) is 9.90. The number of aryl methyl sites for hydroxylation is 1. The number of hydrogen-bond donors (Lipinski definition) is 2. The molecule has 0 aromatic heterocycles. The fourth-order valence-corrected chi connectivity index (χ4v) is 2.51. The van der Waals surface area contributed by atoms with Gasteiger partial charge in [-0.25, -0.2) is 0 Å². The highest BCUT2D eigenvalue weighted by Crippen LogP contribution is 2.23. The molecule has 3 N–H and O–H groups in total. The van der Waals surface area contributed by atoms with Crippen LogP contribution in [0.15, 0.2) is 51.9 Å². The second kappa shape index (κ2) is 7.18. The van der Waals surface area contributed by atoms with E-state index < -0.39 is 6.23 Å². The highest BCUT2D eigenvalue weighted by molar-refractivity contribution is 9.10. The van der Waals surface area contributed by atoms with Crippen molar-refractivity contribution in [3.8, 4) is 0 Å². The monoisotopic (exact) mass is 366 g/mol. The van der Waals surface area contributed by atoms with E-state index in [9.17, 15) is 5.11 Å². The van der Waals surface area contributed by atoms with Crippen molar-refractivity contribution in [1.82, 2.24) is 0 Å². The second-order valence-electron chi connectivity index (χ2n) is 4.70. The lowest BCUT2D eigenvalue weighted by molar-refractivity contribution is 0.191. The molecule has 0 bridgehead atoms.